The highest BCUT2D eigenvalue weighted by atomic mass is 35.5. The van der Waals surface area contributed by atoms with Gasteiger partial charge in [-0.25, -0.2) is 9.97 Å². The number of anilines is 2. The zero-order valence-electron chi connectivity index (χ0n) is 7.18. The fourth-order valence-corrected chi connectivity index (χ4v) is 1.13. The molecule has 2 rings (SSSR count). The molecule has 0 fully saturated rings. The van der Waals surface area contributed by atoms with Crippen LogP contribution in [0, 0.1) is 0 Å². The molecule has 0 aliphatic heterocycles. The van der Waals surface area contributed by atoms with Gasteiger partial charge in [0.1, 0.15) is 12.0 Å². The van der Waals surface area contributed by atoms with Crippen molar-refractivity contribution in [1.29, 1.82) is 0 Å². The van der Waals surface area contributed by atoms with Crippen molar-refractivity contribution in [1.82, 2.24) is 14.6 Å². The quantitative estimate of drug-likeness (QED) is 0.734. The third kappa shape index (κ3) is 1.62. The van der Waals surface area contributed by atoms with Crippen LogP contribution in [0.3, 0.4) is 0 Å². The fourth-order valence-electron chi connectivity index (χ4n) is 0.995. The van der Waals surface area contributed by atoms with Crippen LogP contribution < -0.4 is 11.2 Å². The predicted octanol–water partition coefficient (Wildman–Crippen LogP) is 1.39. The van der Waals surface area contributed by atoms with E-state index in [4.69, 9.17) is 17.3 Å². The van der Waals surface area contributed by atoms with Gasteiger partial charge in [-0.15, -0.1) is 0 Å². The Labute approximate surface area is 85.5 Å². The van der Waals surface area contributed by atoms with Crippen LogP contribution in [-0.4, -0.2) is 14.6 Å². The van der Waals surface area contributed by atoms with E-state index in [9.17, 15) is 0 Å². The van der Waals surface area contributed by atoms with Crippen molar-refractivity contribution in [3.05, 3.63) is 36.0 Å². The molecule has 2 aromatic heterocycles. The summed E-state index contributed by atoms with van der Waals surface area (Å²) in [5.74, 6) is 0.487. The second-order valence-corrected chi connectivity index (χ2v) is 2.99. The van der Waals surface area contributed by atoms with Crippen molar-refractivity contribution < 1.29 is 0 Å². The van der Waals surface area contributed by atoms with Gasteiger partial charge in [-0.2, -0.15) is 0 Å². The van der Waals surface area contributed by atoms with Crippen LogP contribution in [0.2, 0.25) is 5.15 Å². The second-order valence-electron chi connectivity index (χ2n) is 2.63. The van der Waals surface area contributed by atoms with Gasteiger partial charge in [0.05, 0.1) is 0 Å². The van der Waals surface area contributed by atoms with E-state index in [-0.39, 0.29) is 5.15 Å². The lowest BCUT2D eigenvalue weighted by molar-refractivity contribution is 0.948. The standard InChI is InChI=1S/C8H8ClN5/c9-7-6(10)8(12-5-11-7)13-14-3-1-2-4-14/h1-5H,10H2,(H,11,12,13). The van der Waals surface area contributed by atoms with Crippen molar-refractivity contribution in [2.75, 3.05) is 11.2 Å². The fraction of sp³-hybridized carbons (Fsp3) is 0. The highest BCUT2D eigenvalue weighted by Crippen LogP contribution is 2.21. The molecule has 2 heterocycles. The minimum Gasteiger partial charge on any atom is -0.393 e. The smallest absolute Gasteiger partial charge is 0.173 e. The average Bonchev–Trinajstić information content (AvgIpc) is 2.66. The van der Waals surface area contributed by atoms with Gasteiger partial charge in [-0.1, -0.05) is 11.6 Å². The van der Waals surface area contributed by atoms with Crippen LogP contribution in [-0.2, 0) is 0 Å². The molecule has 0 bridgehead atoms. The molecule has 72 valence electrons. The molecule has 0 unspecified atom stereocenters. The Kier molecular flexibility index (Phi) is 2.24. The Morgan fingerprint density at radius 1 is 1.29 bits per heavy atom. The van der Waals surface area contributed by atoms with E-state index in [1.54, 1.807) is 4.68 Å². The molecule has 2 aromatic rings. The predicted molar refractivity (Wildman–Crippen MR) is 54.9 cm³/mol. The Morgan fingerprint density at radius 2 is 2.00 bits per heavy atom. The molecule has 6 heteroatoms. The van der Waals surface area contributed by atoms with Gasteiger partial charge >= 0.3 is 0 Å². The molecule has 0 aliphatic carbocycles. The van der Waals surface area contributed by atoms with Gasteiger partial charge in [0.2, 0.25) is 0 Å². The van der Waals surface area contributed by atoms with Gasteiger partial charge in [0, 0.05) is 12.4 Å². The zero-order chi connectivity index (χ0) is 9.97. The molecule has 0 saturated heterocycles. The number of nitrogens with two attached hydrogens (primary N) is 1. The molecule has 3 N–H and O–H groups in total. The number of hydrogen-bond acceptors (Lipinski definition) is 4. The Morgan fingerprint density at radius 3 is 2.71 bits per heavy atom. The lowest BCUT2D eigenvalue weighted by Gasteiger charge is -2.08. The molecule has 0 aromatic carbocycles. The van der Waals surface area contributed by atoms with Crippen LogP contribution in [0.4, 0.5) is 11.5 Å². The summed E-state index contributed by atoms with van der Waals surface area (Å²) < 4.78 is 1.72. The van der Waals surface area contributed by atoms with E-state index >= 15 is 0 Å². The van der Waals surface area contributed by atoms with Gasteiger partial charge < -0.3 is 5.73 Å². The average molecular weight is 210 g/mol. The Bertz CT molecular complexity index is 425. The van der Waals surface area contributed by atoms with Crippen molar-refractivity contribution >= 4 is 23.1 Å². The van der Waals surface area contributed by atoms with Crippen LogP contribution in [0.1, 0.15) is 0 Å². The van der Waals surface area contributed by atoms with E-state index in [1.807, 2.05) is 24.5 Å². The van der Waals surface area contributed by atoms with Crippen molar-refractivity contribution in [3.8, 4) is 0 Å². The van der Waals surface area contributed by atoms with Crippen LogP contribution in [0.5, 0.6) is 0 Å². The number of nitrogen functional groups attached to an aromatic ring is 1. The first kappa shape index (κ1) is 8.83. The Hall–Kier alpha value is -1.75. The first-order valence-corrected chi connectivity index (χ1v) is 4.31. The Balaban J connectivity index is 2.29. The SMILES string of the molecule is Nc1c(Cl)ncnc1Nn1cccc1. The zero-order valence-corrected chi connectivity index (χ0v) is 7.94. The van der Waals surface area contributed by atoms with E-state index in [2.05, 4.69) is 15.4 Å². The van der Waals surface area contributed by atoms with Crippen LogP contribution in [0.25, 0.3) is 0 Å². The summed E-state index contributed by atoms with van der Waals surface area (Å²) in [5, 5.41) is 0.245. The molecular formula is C8H8ClN5. The van der Waals surface area contributed by atoms with Crippen molar-refractivity contribution in [2.45, 2.75) is 0 Å². The lowest BCUT2D eigenvalue weighted by atomic mass is 10.5. The summed E-state index contributed by atoms with van der Waals surface area (Å²) in [6.07, 6.45) is 5.01. The molecule has 0 aliphatic rings. The van der Waals surface area contributed by atoms with Crippen molar-refractivity contribution in [3.63, 3.8) is 0 Å². The molecule has 0 saturated carbocycles. The first-order chi connectivity index (χ1) is 6.77. The largest absolute Gasteiger partial charge is 0.393 e. The number of rotatable bonds is 2. The molecule has 5 nitrogen and oxygen atoms in total. The van der Waals surface area contributed by atoms with E-state index in [1.165, 1.54) is 6.33 Å². The topological polar surface area (TPSA) is 68.8 Å². The molecule has 14 heavy (non-hydrogen) atoms. The monoisotopic (exact) mass is 209 g/mol. The van der Waals surface area contributed by atoms with Gasteiger partial charge in [-0.05, 0) is 12.1 Å². The number of nitrogens with zero attached hydrogens (tertiary/aromatic N) is 3. The molecule has 0 radical (unpaired) electrons. The maximum Gasteiger partial charge on any atom is 0.173 e. The lowest BCUT2D eigenvalue weighted by Crippen LogP contribution is -2.10. The summed E-state index contributed by atoms with van der Waals surface area (Å²) >= 11 is 5.73. The highest BCUT2D eigenvalue weighted by Gasteiger charge is 2.04. The minimum atomic E-state index is 0.245. The summed E-state index contributed by atoms with van der Waals surface area (Å²) in [4.78, 5) is 7.71. The normalized spacial score (nSPS) is 10.1. The minimum absolute atomic E-state index is 0.245. The number of halogens is 1. The number of hydrogen-bond donors (Lipinski definition) is 2. The van der Waals surface area contributed by atoms with E-state index in [0.717, 1.165) is 0 Å². The number of aromatic nitrogens is 3. The van der Waals surface area contributed by atoms with Crippen LogP contribution in [0.15, 0.2) is 30.9 Å². The molecule has 0 atom stereocenters. The third-order valence-corrected chi connectivity index (χ3v) is 1.98. The summed E-state index contributed by atoms with van der Waals surface area (Å²) in [6, 6.07) is 3.76. The first-order valence-electron chi connectivity index (χ1n) is 3.93. The summed E-state index contributed by atoms with van der Waals surface area (Å²) in [7, 11) is 0. The van der Waals surface area contributed by atoms with Crippen molar-refractivity contribution in [2.24, 2.45) is 0 Å². The van der Waals surface area contributed by atoms with Gasteiger partial charge in [-0.3, -0.25) is 10.1 Å². The maximum atomic E-state index is 5.73. The van der Waals surface area contributed by atoms with E-state index < -0.39 is 0 Å². The van der Waals surface area contributed by atoms with E-state index in [0.29, 0.717) is 11.5 Å². The second kappa shape index (κ2) is 3.55. The van der Waals surface area contributed by atoms with Gasteiger partial charge in [0.15, 0.2) is 11.0 Å². The maximum absolute atomic E-state index is 5.73. The third-order valence-electron chi connectivity index (χ3n) is 1.67. The molecule has 0 spiro atoms. The van der Waals surface area contributed by atoms with Crippen LogP contribution >= 0.6 is 11.6 Å². The molecule has 0 amide bonds. The highest BCUT2D eigenvalue weighted by molar-refractivity contribution is 6.32. The summed E-state index contributed by atoms with van der Waals surface area (Å²) in [6.45, 7) is 0. The summed E-state index contributed by atoms with van der Waals surface area (Å²) in [5.41, 5.74) is 8.95. The number of nitrogens with one attached hydrogen (secondary N) is 1. The molecular weight excluding hydrogens is 202 g/mol. The van der Waals surface area contributed by atoms with Gasteiger partial charge in [0.25, 0.3) is 0 Å².